The van der Waals surface area contributed by atoms with Gasteiger partial charge in [-0.05, 0) is 41.8 Å². The van der Waals surface area contributed by atoms with Gasteiger partial charge in [-0.25, -0.2) is 4.39 Å². The van der Waals surface area contributed by atoms with Crippen molar-refractivity contribution in [2.75, 3.05) is 7.11 Å². The van der Waals surface area contributed by atoms with E-state index in [2.05, 4.69) is 15.9 Å². The third-order valence-electron chi connectivity index (χ3n) is 2.82. The summed E-state index contributed by atoms with van der Waals surface area (Å²) in [5.41, 5.74) is 0.296. The molecule has 0 amide bonds. The zero-order chi connectivity index (χ0) is 11.2. The Balaban J connectivity index is 2.63. The van der Waals surface area contributed by atoms with Crippen LogP contribution in [-0.2, 0) is 5.60 Å². The highest BCUT2D eigenvalue weighted by atomic mass is 79.9. The maximum atomic E-state index is 13.6. The highest BCUT2D eigenvalue weighted by Gasteiger charge is 2.45. The molecule has 1 aromatic rings. The normalized spacial score (nSPS) is 17.7. The number of hydrogen-bond donors (Lipinski definition) is 1. The predicted octanol–water partition coefficient (Wildman–Crippen LogP) is 2.89. The van der Waals surface area contributed by atoms with Crippen molar-refractivity contribution in [3.05, 3.63) is 27.5 Å². The van der Waals surface area contributed by atoms with E-state index in [1.165, 1.54) is 7.11 Å². The first-order chi connectivity index (χ1) is 6.99. The monoisotopic (exact) mass is 274 g/mol. The summed E-state index contributed by atoms with van der Waals surface area (Å²) in [6.45, 7) is 1.65. The number of ether oxygens (including phenoxy) is 1. The maximum Gasteiger partial charge on any atom is 0.143 e. The first kappa shape index (κ1) is 10.9. The van der Waals surface area contributed by atoms with E-state index < -0.39 is 5.60 Å². The van der Waals surface area contributed by atoms with Gasteiger partial charge in [0.1, 0.15) is 11.6 Å². The number of benzene rings is 1. The zero-order valence-corrected chi connectivity index (χ0v) is 10.2. The van der Waals surface area contributed by atoms with Gasteiger partial charge >= 0.3 is 0 Å². The lowest BCUT2D eigenvalue weighted by molar-refractivity contribution is 0.147. The van der Waals surface area contributed by atoms with Crippen molar-refractivity contribution in [2.45, 2.75) is 25.4 Å². The van der Waals surface area contributed by atoms with E-state index in [9.17, 15) is 9.50 Å². The average molecular weight is 275 g/mol. The van der Waals surface area contributed by atoms with Gasteiger partial charge in [-0.15, -0.1) is 0 Å². The number of rotatable bonds is 2. The quantitative estimate of drug-likeness (QED) is 0.899. The first-order valence-electron chi connectivity index (χ1n) is 4.75. The fourth-order valence-electron chi connectivity index (χ4n) is 1.73. The van der Waals surface area contributed by atoms with E-state index in [4.69, 9.17) is 4.74 Å². The lowest BCUT2D eigenvalue weighted by Crippen LogP contribution is -2.09. The number of halogens is 2. The fourth-order valence-corrected chi connectivity index (χ4v) is 2.26. The summed E-state index contributed by atoms with van der Waals surface area (Å²) < 4.78 is 19.1. The summed E-state index contributed by atoms with van der Waals surface area (Å²) in [5, 5.41) is 10.0. The topological polar surface area (TPSA) is 29.5 Å². The summed E-state index contributed by atoms with van der Waals surface area (Å²) in [4.78, 5) is 0. The molecule has 0 radical (unpaired) electrons. The van der Waals surface area contributed by atoms with E-state index in [1.54, 1.807) is 13.0 Å². The Labute approximate surface area is 96.2 Å². The Kier molecular flexibility index (Phi) is 2.51. The third kappa shape index (κ3) is 1.66. The Morgan fingerprint density at radius 1 is 1.53 bits per heavy atom. The van der Waals surface area contributed by atoms with Gasteiger partial charge in [-0.3, -0.25) is 0 Å². The molecule has 15 heavy (non-hydrogen) atoms. The van der Waals surface area contributed by atoms with Crippen LogP contribution in [0.15, 0.2) is 10.5 Å². The van der Waals surface area contributed by atoms with Crippen molar-refractivity contribution in [1.82, 2.24) is 0 Å². The summed E-state index contributed by atoms with van der Waals surface area (Å²) >= 11 is 3.14. The molecule has 0 saturated heterocycles. The fraction of sp³-hybridized carbons (Fsp3) is 0.455. The molecule has 1 aromatic carbocycles. The van der Waals surface area contributed by atoms with Crippen LogP contribution < -0.4 is 4.74 Å². The van der Waals surface area contributed by atoms with Crippen molar-refractivity contribution in [2.24, 2.45) is 0 Å². The van der Waals surface area contributed by atoms with E-state index >= 15 is 0 Å². The molecule has 0 atom stereocenters. The summed E-state index contributed by atoms with van der Waals surface area (Å²) in [6.07, 6.45) is 1.42. The smallest absolute Gasteiger partial charge is 0.143 e. The van der Waals surface area contributed by atoms with Crippen LogP contribution in [0, 0.1) is 12.7 Å². The molecule has 1 aliphatic rings. The van der Waals surface area contributed by atoms with Crippen LogP contribution in [0.5, 0.6) is 5.75 Å². The van der Waals surface area contributed by atoms with Gasteiger partial charge in [0.2, 0.25) is 0 Å². The van der Waals surface area contributed by atoms with Crippen LogP contribution in [0.4, 0.5) is 4.39 Å². The van der Waals surface area contributed by atoms with Gasteiger partial charge in [0, 0.05) is 11.1 Å². The molecule has 2 nitrogen and oxygen atoms in total. The Bertz CT molecular complexity index is 414. The van der Waals surface area contributed by atoms with Gasteiger partial charge in [0.05, 0.1) is 17.2 Å². The Morgan fingerprint density at radius 2 is 2.13 bits per heavy atom. The molecule has 2 rings (SSSR count). The number of hydrogen-bond acceptors (Lipinski definition) is 2. The molecule has 1 N–H and O–H groups in total. The van der Waals surface area contributed by atoms with Gasteiger partial charge in [-0.1, -0.05) is 0 Å². The zero-order valence-electron chi connectivity index (χ0n) is 8.60. The molecule has 0 spiro atoms. The largest absolute Gasteiger partial charge is 0.496 e. The molecular formula is C11H12BrFO2. The second-order valence-corrected chi connectivity index (χ2v) is 4.76. The lowest BCUT2D eigenvalue weighted by atomic mass is 10.0. The van der Waals surface area contributed by atoms with Crippen LogP contribution in [-0.4, -0.2) is 12.2 Å². The van der Waals surface area contributed by atoms with Crippen LogP contribution in [0.2, 0.25) is 0 Å². The molecule has 0 aromatic heterocycles. The summed E-state index contributed by atoms with van der Waals surface area (Å²) in [7, 11) is 1.49. The lowest BCUT2D eigenvalue weighted by Gasteiger charge is -2.17. The highest BCUT2D eigenvalue weighted by molar-refractivity contribution is 9.10. The average Bonchev–Trinajstić information content (AvgIpc) is 2.94. The van der Waals surface area contributed by atoms with E-state index in [0.717, 1.165) is 0 Å². The molecule has 1 fully saturated rings. The number of methoxy groups -OCH3 is 1. The maximum absolute atomic E-state index is 13.6. The van der Waals surface area contributed by atoms with Crippen LogP contribution in [0.3, 0.4) is 0 Å². The highest BCUT2D eigenvalue weighted by Crippen LogP contribution is 2.50. The predicted molar refractivity (Wildman–Crippen MR) is 58.5 cm³/mol. The van der Waals surface area contributed by atoms with E-state index in [0.29, 0.717) is 34.2 Å². The molecule has 82 valence electrons. The van der Waals surface area contributed by atoms with Gasteiger partial charge in [0.25, 0.3) is 0 Å². The Hall–Kier alpha value is -0.610. The molecule has 1 saturated carbocycles. The molecule has 0 unspecified atom stereocenters. The van der Waals surface area contributed by atoms with Crippen molar-refractivity contribution < 1.29 is 14.2 Å². The standard InChI is InChI=1S/C11H12BrFO2/c1-6-9(13)8(12)5-7(10(6)15-2)11(14)3-4-11/h5,14H,3-4H2,1-2H3. The summed E-state index contributed by atoms with van der Waals surface area (Å²) in [5.74, 6) is 0.121. The van der Waals surface area contributed by atoms with Crippen molar-refractivity contribution in [1.29, 1.82) is 0 Å². The minimum Gasteiger partial charge on any atom is -0.496 e. The molecular weight excluding hydrogens is 263 g/mol. The molecule has 4 heteroatoms. The van der Waals surface area contributed by atoms with E-state index in [1.807, 2.05) is 0 Å². The molecule has 0 heterocycles. The SMILES string of the molecule is COc1c(C2(O)CC2)cc(Br)c(F)c1C. The second kappa shape index (κ2) is 3.46. The molecule has 0 bridgehead atoms. The van der Waals surface area contributed by atoms with Crippen LogP contribution in [0.1, 0.15) is 24.0 Å². The minimum absolute atomic E-state index is 0.333. The van der Waals surface area contributed by atoms with Crippen molar-refractivity contribution >= 4 is 15.9 Å². The van der Waals surface area contributed by atoms with Gasteiger partial charge < -0.3 is 9.84 Å². The summed E-state index contributed by atoms with van der Waals surface area (Å²) in [6, 6.07) is 1.61. The second-order valence-electron chi connectivity index (χ2n) is 3.91. The van der Waals surface area contributed by atoms with Gasteiger partial charge in [0.15, 0.2) is 0 Å². The molecule has 1 aliphatic carbocycles. The first-order valence-corrected chi connectivity index (χ1v) is 5.54. The van der Waals surface area contributed by atoms with Crippen LogP contribution in [0.25, 0.3) is 0 Å². The molecule has 0 aliphatic heterocycles. The van der Waals surface area contributed by atoms with Gasteiger partial charge in [-0.2, -0.15) is 0 Å². The van der Waals surface area contributed by atoms with Crippen molar-refractivity contribution in [3.63, 3.8) is 0 Å². The van der Waals surface area contributed by atoms with Crippen LogP contribution >= 0.6 is 15.9 Å². The van der Waals surface area contributed by atoms with Crippen molar-refractivity contribution in [3.8, 4) is 5.75 Å². The minimum atomic E-state index is -0.813. The number of aliphatic hydroxyl groups is 1. The Morgan fingerprint density at radius 3 is 2.60 bits per heavy atom. The third-order valence-corrected chi connectivity index (χ3v) is 3.40. The van der Waals surface area contributed by atoms with E-state index in [-0.39, 0.29) is 5.82 Å².